The third-order valence-corrected chi connectivity index (χ3v) is 10.2. The van der Waals surface area contributed by atoms with E-state index in [2.05, 4.69) is 34.6 Å². The van der Waals surface area contributed by atoms with E-state index in [1.165, 1.54) is 83.5 Å². The van der Waals surface area contributed by atoms with Gasteiger partial charge in [0.25, 0.3) is 0 Å². The Morgan fingerprint density at radius 3 is 1.64 bits per heavy atom. The van der Waals surface area contributed by atoms with Crippen LogP contribution < -0.4 is 0 Å². The molecule has 0 fully saturated rings. The van der Waals surface area contributed by atoms with Crippen LogP contribution >= 0.6 is 0 Å². The highest BCUT2D eigenvalue weighted by Gasteiger charge is 2.28. The van der Waals surface area contributed by atoms with Gasteiger partial charge in [-0.05, 0) is 89.4 Å². The molecule has 0 aliphatic carbocycles. The molecular formula is C42H82O5. The molecule has 0 spiro atoms. The Morgan fingerprint density at radius 1 is 0.532 bits per heavy atom. The smallest absolute Gasteiger partial charge is 0.311 e. The molecule has 0 aliphatic heterocycles. The van der Waals surface area contributed by atoms with Crippen LogP contribution in [0.3, 0.4) is 0 Å². The molecule has 5 nitrogen and oxygen atoms in total. The zero-order chi connectivity index (χ0) is 35.2. The zero-order valence-corrected chi connectivity index (χ0v) is 32.7. The molecule has 1 N–H and O–H groups in total. The maximum atomic E-state index is 12.8. The molecule has 0 aromatic heterocycles. The lowest BCUT2D eigenvalue weighted by Crippen LogP contribution is -2.27. The minimum Gasteiger partial charge on any atom is -0.466 e. The van der Waals surface area contributed by atoms with Crippen LogP contribution in [0.4, 0.5) is 0 Å². The second-order valence-corrected chi connectivity index (χ2v) is 16.2. The van der Waals surface area contributed by atoms with Gasteiger partial charge in [-0.1, -0.05) is 137 Å². The molecule has 0 radical (unpaired) electrons. The lowest BCUT2D eigenvalue weighted by atomic mass is 9.82. The van der Waals surface area contributed by atoms with Gasteiger partial charge < -0.3 is 14.6 Å². The number of hydrogen-bond donors (Lipinski definition) is 1. The molecule has 0 amide bonds. The normalized spacial score (nSPS) is 12.9. The van der Waals surface area contributed by atoms with Gasteiger partial charge in [0.15, 0.2) is 0 Å². The molecule has 0 aromatic carbocycles. The standard InChI is InChI=1S/C42H82O5/c1-8-11-17-26-37(27-18-12-9-2)28-25-36-47-40(45)42(6,7)34-22-16-20-30-38(43)29-19-14-15-21-31-39(44)46-35-24-23-33-41(4,5)32-13-10-3/h37-38,43H,8-36H2,1-7H3. The predicted octanol–water partition coefficient (Wildman–Crippen LogP) is 12.7. The highest BCUT2D eigenvalue weighted by Crippen LogP contribution is 2.30. The number of aliphatic hydroxyl groups excluding tert-OH is 1. The summed E-state index contributed by atoms with van der Waals surface area (Å²) in [6, 6.07) is 0. The van der Waals surface area contributed by atoms with E-state index < -0.39 is 5.41 Å². The molecule has 0 saturated carbocycles. The van der Waals surface area contributed by atoms with Gasteiger partial charge in [-0.3, -0.25) is 9.59 Å². The second-order valence-electron chi connectivity index (χ2n) is 16.2. The molecule has 0 bridgehead atoms. The Kier molecular flexibility index (Phi) is 29.1. The van der Waals surface area contributed by atoms with Crippen molar-refractivity contribution in [3.63, 3.8) is 0 Å². The summed E-state index contributed by atoms with van der Waals surface area (Å²) in [6.45, 7) is 16.6. The Balaban J connectivity index is 3.85. The summed E-state index contributed by atoms with van der Waals surface area (Å²) in [6.07, 6.45) is 29.4. The average Bonchev–Trinajstić information content (AvgIpc) is 3.03. The molecule has 0 aliphatic rings. The SMILES string of the molecule is CCCCCC(CCCCC)CCCOC(=O)C(C)(C)CCCCCC(O)CCCCCCC(=O)OCCCCC(C)(C)CCCC. The zero-order valence-electron chi connectivity index (χ0n) is 32.7. The van der Waals surface area contributed by atoms with Gasteiger partial charge in [0.1, 0.15) is 0 Å². The Bertz CT molecular complexity index is 721. The fourth-order valence-electron chi connectivity index (χ4n) is 6.65. The van der Waals surface area contributed by atoms with E-state index in [-0.39, 0.29) is 18.0 Å². The fourth-order valence-corrected chi connectivity index (χ4v) is 6.65. The Morgan fingerprint density at radius 2 is 1.02 bits per heavy atom. The van der Waals surface area contributed by atoms with Crippen molar-refractivity contribution in [2.75, 3.05) is 13.2 Å². The summed E-state index contributed by atoms with van der Waals surface area (Å²) in [4.78, 5) is 24.8. The summed E-state index contributed by atoms with van der Waals surface area (Å²) in [7, 11) is 0. The van der Waals surface area contributed by atoms with Gasteiger partial charge in [-0.2, -0.15) is 0 Å². The van der Waals surface area contributed by atoms with Crippen LogP contribution in [0.1, 0.15) is 222 Å². The van der Waals surface area contributed by atoms with Crippen LogP contribution in [0, 0.1) is 16.7 Å². The van der Waals surface area contributed by atoms with Crippen molar-refractivity contribution in [2.24, 2.45) is 16.7 Å². The highest BCUT2D eigenvalue weighted by atomic mass is 16.5. The average molecular weight is 667 g/mol. The molecule has 280 valence electrons. The number of carbonyl (C=O) groups is 2. The molecule has 47 heavy (non-hydrogen) atoms. The number of esters is 2. The van der Waals surface area contributed by atoms with Gasteiger partial charge in [0, 0.05) is 6.42 Å². The molecule has 5 heteroatoms. The van der Waals surface area contributed by atoms with Crippen molar-refractivity contribution in [2.45, 2.75) is 228 Å². The van der Waals surface area contributed by atoms with E-state index in [0.717, 1.165) is 89.4 Å². The molecule has 0 saturated heterocycles. The second kappa shape index (κ2) is 29.8. The van der Waals surface area contributed by atoms with Crippen LogP contribution in [-0.4, -0.2) is 36.4 Å². The monoisotopic (exact) mass is 667 g/mol. The van der Waals surface area contributed by atoms with E-state index >= 15 is 0 Å². The lowest BCUT2D eigenvalue weighted by molar-refractivity contribution is -0.154. The summed E-state index contributed by atoms with van der Waals surface area (Å²) in [5, 5.41) is 10.4. The maximum Gasteiger partial charge on any atom is 0.311 e. The first-order valence-electron chi connectivity index (χ1n) is 20.5. The third kappa shape index (κ3) is 28.4. The number of ether oxygens (including phenoxy) is 2. The number of hydrogen-bond acceptors (Lipinski definition) is 5. The van der Waals surface area contributed by atoms with Gasteiger partial charge in [0.2, 0.25) is 0 Å². The van der Waals surface area contributed by atoms with Gasteiger partial charge in [-0.15, -0.1) is 0 Å². The van der Waals surface area contributed by atoms with E-state index in [1.807, 2.05) is 13.8 Å². The highest BCUT2D eigenvalue weighted by molar-refractivity contribution is 5.75. The molecule has 1 atom stereocenters. The predicted molar refractivity (Wildman–Crippen MR) is 201 cm³/mol. The number of aliphatic hydroxyl groups is 1. The quantitative estimate of drug-likeness (QED) is 0.0546. The topological polar surface area (TPSA) is 72.8 Å². The first-order valence-corrected chi connectivity index (χ1v) is 20.5. The number of unbranched alkanes of at least 4 members (excludes halogenated alkanes) is 11. The van der Waals surface area contributed by atoms with Crippen LogP contribution in [0.5, 0.6) is 0 Å². The molecular weight excluding hydrogens is 584 g/mol. The Labute approximate surface area is 293 Å². The summed E-state index contributed by atoms with van der Waals surface area (Å²) < 4.78 is 11.2. The first kappa shape index (κ1) is 45.9. The summed E-state index contributed by atoms with van der Waals surface area (Å²) in [5.74, 6) is 0.659. The van der Waals surface area contributed by atoms with Crippen molar-refractivity contribution < 1.29 is 24.2 Å². The van der Waals surface area contributed by atoms with Crippen LogP contribution in [0.2, 0.25) is 0 Å². The van der Waals surface area contributed by atoms with E-state index in [9.17, 15) is 14.7 Å². The van der Waals surface area contributed by atoms with Crippen molar-refractivity contribution in [1.82, 2.24) is 0 Å². The van der Waals surface area contributed by atoms with Crippen LogP contribution in [0.15, 0.2) is 0 Å². The molecule has 0 aromatic rings. The fraction of sp³-hybridized carbons (Fsp3) is 0.952. The number of rotatable bonds is 34. The van der Waals surface area contributed by atoms with E-state index in [4.69, 9.17) is 9.47 Å². The summed E-state index contributed by atoms with van der Waals surface area (Å²) >= 11 is 0. The molecule has 1 unspecified atom stereocenters. The maximum absolute atomic E-state index is 12.8. The third-order valence-electron chi connectivity index (χ3n) is 10.2. The van der Waals surface area contributed by atoms with Crippen molar-refractivity contribution >= 4 is 11.9 Å². The van der Waals surface area contributed by atoms with Crippen molar-refractivity contribution in [3.8, 4) is 0 Å². The van der Waals surface area contributed by atoms with Gasteiger partial charge in [-0.25, -0.2) is 0 Å². The van der Waals surface area contributed by atoms with Gasteiger partial charge in [0.05, 0.1) is 24.7 Å². The molecule has 0 heterocycles. The molecule has 0 rings (SSSR count). The Hall–Kier alpha value is -1.10. The first-order chi connectivity index (χ1) is 22.5. The van der Waals surface area contributed by atoms with Crippen molar-refractivity contribution in [1.29, 1.82) is 0 Å². The van der Waals surface area contributed by atoms with Gasteiger partial charge >= 0.3 is 11.9 Å². The van der Waals surface area contributed by atoms with Crippen LogP contribution in [-0.2, 0) is 19.1 Å². The largest absolute Gasteiger partial charge is 0.466 e. The number of carbonyl (C=O) groups excluding carboxylic acids is 2. The lowest BCUT2D eigenvalue weighted by Gasteiger charge is -2.24. The van der Waals surface area contributed by atoms with Crippen molar-refractivity contribution in [3.05, 3.63) is 0 Å². The van der Waals surface area contributed by atoms with E-state index in [1.54, 1.807) is 0 Å². The minimum atomic E-state index is -0.447. The summed E-state index contributed by atoms with van der Waals surface area (Å²) in [5.41, 5.74) is -0.0514. The minimum absolute atomic E-state index is 0.0587. The van der Waals surface area contributed by atoms with E-state index in [0.29, 0.717) is 25.0 Å². The van der Waals surface area contributed by atoms with Crippen LogP contribution in [0.25, 0.3) is 0 Å².